The van der Waals surface area contributed by atoms with E-state index < -0.39 is 29.3 Å². The first kappa shape index (κ1) is 21.2. The summed E-state index contributed by atoms with van der Waals surface area (Å²) in [6.07, 6.45) is 1.52. The molecule has 0 aromatic heterocycles. The summed E-state index contributed by atoms with van der Waals surface area (Å²) in [6.45, 7) is 1.62. The number of amides is 3. The molecule has 0 saturated carbocycles. The first-order valence-corrected chi connectivity index (χ1v) is 10.4. The van der Waals surface area contributed by atoms with Crippen LogP contribution in [0.15, 0.2) is 47.4 Å². The number of halogens is 2. The number of carbonyl (C=O) groups excluding carboxylic acids is 3. The Morgan fingerprint density at radius 3 is 2.32 bits per heavy atom. The van der Waals surface area contributed by atoms with Crippen LogP contribution in [0, 0.1) is 11.6 Å². The lowest BCUT2D eigenvalue weighted by atomic mass is 10.1. The average molecular weight is 444 g/mol. The van der Waals surface area contributed by atoms with Crippen LogP contribution in [0.3, 0.4) is 0 Å². The molecule has 9 heteroatoms. The molecule has 2 heterocycles. The highest BCUT2D eigenvalue weighted by atomic mass is 32.2. The molecule has 0 atom stereocenters. The number of hydrogen-bond acceptors (Lipinski definition) is 5. The Morgan fingerprint density at radius 1 is 1.03 bits per heavy atom. The van der Waals surface area contributed by atoms with E-state index in [1.54, 1.807) is 29.2 Å². The van der Waals surface area contributed by atoms with E-state index in [0.29, 0.717) is 49.2 Å². The molecule has 2 aliphatic rings. The molecule has 2 saturated heterocycles. The number of thioether (sulfide) groups is 1. The SMILES string of the molecule is O=C(c1ccc(C=C2SC(=O)N(Cc3c(F)cccc3F)C2=O)cc1)N1CCOCC1. The Balaban J connectivity index is 1.48. The third kappa shape index (κ3) is 4.52. The first-order chi connectivity index (χ1) is 14.9. The maximum absolute atomic E-state index is 13.9. The Morgan fingerprint density at radius 2 is 1.68 bits per heavy atom. The van der Waals surface area contributed by atoms with Gasteiger partial charge in [0.05, 0.1) is 24.7 Å². The maximum atomic E-state index is 13.9. The molecule has 2 aromatic rings. The van der Waals surface area contributed by atoms with Gasteiger partial charge in [-0.3, -0.25) is 19.3 Å². The summed E-state index contributed by atoms with van der Waals surface area (Å²) in [5.41, 5.74) is 0.806. The smallest absolute Gasteiger partial charge is 0.293 e. The standard InChI is InChI=1S/C22H18F2N2O4S/c23-17-2-1-3-18(24)16(17)13-26-21(28)19(31-22(26)29)12-14-4-6-15(7-5-14)20(27)25-8-10-30-11-9-25/h1-7,12H,8-11,13H2. The highest BCUT2D eigenvalue weighted by Crippen LogP contribution is 2.34. The van der Waals surface area contributed by atoms with Gasteiger partial charge >= 0.3 is 0 Å². The van der Waals surface area contributed by atoms with Crippen molar-refractivity contribution in [1.29, 1.82) is 0 Å². The molecule has 0 unspecified atom stereocenters. The van der Waals surface area contributed by atoms with Crippen molar-refractivity contribution in [3.8, 4) is 0 Å². The van der Waals surface area contributed by atoms with Crippen molar-refractivity contribution in [2.45, 2.75) is 6.54 Å². The van der Waals surface area contributed by atoms with E-state index in [1.807, 2.05) is 0 Å². The second kappa shape index (κ2) is 8.99. The Kier molecular flexibility index (Phi) is 6.15. The summed E-state index contributed by atoms with van der Waals surface area (Å²) in [7, 11) is 0. The number of carbonyl (C=O) groups is 3. The minimum absolute atomic E-state index is 0.0953. The van der Waals surface area contributed by atoms with Crippen LogP contribution in [0.25, 0.3) is 6.08 Å². The van der Waals surface area contributed by atoms with Crippen LogP contribution in [-0.4, -0.2) is 53.2 Å². The first-order valence-electron chi connectivity index (χ1n) is 9.59. The van der Waals surface area contributed by atoms with Crippen molar-refractivity contribution in [2.75, 3.05) is 26.3 Å². The molecule has 3 amide bonds. The molecule has 0 spiro atoms. The summed E-state index contributed by atoms with van der Waals surface area (Å²) in [5, 5.41) is -0.599. The van der Waals surface area contributed by atoms with E-state index >= 15 is 0 Å². The zero-order chi connectivity index (χ0) is 22.0. The van der Waals surface area contributed by atoms with E-state index in [9.17, 15) is 23.2 Å². The molecule has 0 bridgehead atoms. The van der Waals surface area contributed by atoms with E-state index in [-0.39, 0.29) is 16.4 Å². The molecule has 2 fully saturated rings. The van der Waals surface area contributed by atoms with E-state index in [2.05, 4.69) is 0 Å². The van der Waals surface area contributed by atoms with Gasteiger partial charge in [0.25, 0.3) is 17.1 Å². The largest absolute Gasteiger partial charge is 0.378 e. The molecule has 31 heavy (non-hydrogen) atoms. The van der Waals surface area contributed by atoms with E-state index in [1.165, 1.54) is 12.1 Å². The lowest BCUT2D eigenvalue weighted by Gasteiger charge is -2.26. The van der Waals surface area contributed by atoms with Gasteiger partial charge in [-0.05, 0) is 47.7 Å². The monoisotopic (exact) mass is 444 g/mol. The van der Waals surface area contributed by atoms with Crippen LogP contribution in [0.1, 0.15) is 21.5 Å². The molecule has 0 N–H and O–H groups in total. The van der Waals surface area contributed by atoms with Crippen molar-refractivity contribution in [2.24, 2.45) is 0 Å². The fraction of sp³-hybridized carbons (Fsp3) is 0.227. The fourth-order valence-corrected chi connectivity index (χ4v) is 4.14. The van der Waals surface area contributed by atoms with Gasteiger partial charge in [0.1, 0.15) is 11.6 Å². The lowest BCUT2D eigenvalue weighted by Crippen LogP contribution is -2.40. The molecule has 4 rings (SSSR count). The number of ether oxygens (including phenoxy) is 1. The summed E-state index contributed by atoms with van der Waals surface area (Å²) in [4.78, 5) is 40.1. The zero-order valence-corrected chi connectivity index (χ0v) is 17.2. The molecule has 0 radical (unpaired) electrons. The number of benzene rings is 2. The van der Waals surface area contributed by atoms with Crippen LogP contribution in [-0.2, 0) is 16.1 Å². The Hall–Kier alpha value is -3.04. The van der Waals surface area contributed by atoms with Gasteiger partial charge in [0, 0.05) is 24.2 Å². The third-order valence-corrected chi connectivity index (χ3v) is 5.91. The minimum atomic E-state index is -0.816. The van der Waals surface area contributed by atoms with Crippen LogP contribution in [0.2, 0.25) is 0 Å². The van der Waals surface area contributed by atoms with Crippen molar-refractivity contribution >= 4 is 34.9 Å². The predicted octanol–water partition coefficient (Wildman–Crippen LogP) is 3.67. The maximum Gasteiger partial charge on any atom is 0.293 e. The lowest BCUT2D eigenvalue weighted by molar-refractivity contribution is -0.123. The third-order valence-electron chi connectivity index (χ3n) is 5.01. The quantitative estimate of drug-likeness (QED) is 0.674. The highest BCUT2D eigenvalue weighted by molar-refractivity contribution is 8.18. The normalized spacial score (nSPS) is 18.2. The Bertz CT molecular complexity index is 1050. The number of hydrogen-bond donors (Lipinski definition) is 0. The molecule has 0 aliphatic carbocycles. The number of morpholine rings is 1. The number of nitrogens with zero attached hydrogens (tertiary/aromatic N) is 2. The molecule has 2 aromatic carbocycles. The molecular formula is C22H18F2N2O4S. The number of rotatable bonds is 4. The fourth-order valence-electron chi connectivity index (χ4n) is 3.30. The molecule has 6 nitrogen and oxygen atoms in total. The van der Waals surface area contributed by atoms with E-state index in [4.69, 9.17) is 4.74 Å². The van der Waals surface area contributed by atoms with Gasteiger partial charge in [-0.1, -0.05) is 18.2 Å². The topological polar surface area (TPSA) is 66.9 Å². The summed E-state index contributed by atoms with van der Waals surface area (Å²) in [6, 6.07) is 10.0. The zero-order valence-electron chi connectivity index (χ0n) is 16.3. The van der Waals surface area contributed by atoms with Gasteiger partial charge in [-0.15, -0.1) is 0 Å². The van der Waals surface area contributed by atoms with Gasteiger partial charge in [-0.25, -0.2) is 8.78 Å². The van der Waals surface area contributed by atoms with Gasteiger partial charge in [-0.2, -0.15) is 0 Å². The van der Waals surface area contributed by atoms with Crippen molar-refractivity contribution in [1.82, 2.24) is 9.80 Å². The number of imide groups is 1. The molecular weight excluding hydrogens is 426 g/mol. The van der Waals surface area contributed by atoms with Gasteiger partial charge < -0.3 is 9.64 Å². The molecule has 160 valence electrons. The predicted molar refractivity (Wildman–Crippen MR) is 111 cm³/mol. The van der Waals surface area contributed by atoms with Crippen molar-refractivity contribution in [3.63, 3.8) is 0 Å². The summed E-state index contributed by atoms with van der Waals surface area (Å²) < 4.78 is 33.0. The van der Waals surface area contributed by atoms with Gasteiger partial charge in [0.15, 0.2) is 0 Å². The average Bonchev–Trinajstić information content (AvgIpc) is 3.04. The highest BCUT2D eigenvalue weighted by Gasteiger charge is 2.36. The minimum Gasteiger partial charge on any atom is -0.378 e. The van der Waals surface area contributed by atoms with Crippen LogP contribution in [0.4, 0.5) is 13.6 Å². The summed E-state index contributed by atoms with van der Waals surface area (Å²) >= 11 is 0.705. The second-order valence-electron chi connectivity index (χ2n) is 6.99. The van der Waals surface area contributed by atoms with Gasteiger partial charge in [0.2, 0.25) is 0 Å². The second-order valence-corrected chi connectivity index (χ2v) is 7.99. The van der Waals surface area contributed by atoms with Crippen LogP contribution in [0.5, 0.6) is 0 Å². The van der Waals surface area contributed by atoms with Crippen molar-refractivity contribution in [3.05, 3.63) is 75.7 Å². The molecule has 2 aliphatic heterocycles. The summed E-state index contributed by atoms with van der Waals surface area (Å²) in [5.74, 6) is -2.35. The van der Waals surface area contributed by atoms with Crippen LogP contribution >= 0.6 is 11.8 Å². The van der Waals surface area contributed by atoms with Crippen LogP contribution < -0.4 is 0 Å². The van der Waals surface area contributed by atoms with E-state index in [0.717, 1.165) is 17.0 Å². The van der Waals surface area contributed by atoms with Crippen molar-refractivity contribution < 1.29 is 27.9 Å². The Labute approximate surface area is 181 Å².